The number of carbonyl (C=O) groups excluding carboxylic acids is 3. The van der Waals surface area contributed by atoms with E-state index in [0.29, 0.717) is 11.1 Å². The molecule has 2 rings (SSSR count). The van der Waals surface area contributed by atoms with E-state index < -0.39 is 17.9 Å². The van der Waals surface area contributed by atoms with E-state index in [0.717, 1.165) is 5.39 Å². The number of carbonyl (C=O) groups is 3. The van der Waals surface area contributed by atoms with Crippen LogP contribution >= 0.6 is 0 Å². The van der Waals surface area contributed by atoms with Crippen molar-refractivity contribution in [3.63, 3.8) is 0 Å². The monoisotopic (exact) mass is 303 g/mol. The molecule has 116 valence electrons. The molecule has 0 bridgehead atoms. The van der Waals surface area contributed by atoms with E-state index in [1.165, 1.54) is 13.8 Å². The van der Waals surface area contributed by atoms with Crippen molar-refractivity contribution in [2.75, 3.05) is 0 Å². The van der Waals surface area contributed by atoms with E-state index >= 15 is 0 Å². The van der Waals surface area contributed by atoms with E-state index in [-0.39, 0.29) is 11.7 Å². The van der Waals surface area contributed by atoms with Gasteiger partial charge in [0.15, 0.2) is 5.76 Å². The summed E-state index contributed by atoms with van der Waals surface area (Å²) in [5, 5.41) is 3.25. The van der Waals surface area contributed by atoms with Crippen molar-refractivity contribution in [3.05, 3.63) is 35.6 Å². The third kappa shape index (κ3) is 3.25. The number of benzene rings is 1. The molecule has 0 aliphatic carbocycles. The van der Waals surface area contributed by atoms with E-state index in [2.05, 4.69) is 16.2 Å². The van der Waals surface area contributed by atoms with Crippen molar-refractivity contribution in [3.8, 4) is 0 Å². The molecule has 0 radical (unpaired) electrons. The number of aryl methyl sites for hydroxylation is 1. The van der Waals surface area contributed by atoms with Crippen molar-refractivity contribution in [2.24, 2.45) is 0 Å². The number of para-hydroxylation sites is 1. The lowest BCUT2D eigenvalue weighted by molar-refractivity contribution is -0.128. The van der Waals surface area contributed by atoms with Gasteiger partial charge in [0, 0.05) is 17.9 Å². The summed E-state index contributed by atoms with van der Waals surface area (Å²) in [6.07, 6.45) is 0. The molecule has 2 aromatic rings. The molecule has 1 aromatic heterocycles. The van der Waals surface area contributed by atoms with Gasteiger partial charge in [0.25, 0.3) is 5.91 Å². The van der Waals surface area contributed by atoms with Crippen LogP contribution in [0.3, 0.4) is 0 Å². The number of rotatable bonds is 3. The number of amides is 3. The van der Waals surface area contributed by atoms with Gasteiger partial charge in [-0.3, -0.25) is 25.2 Å². The fraction of sp³-hybridized carbons (Fsp3) is 0.267. The number of fused-ring (bicyclic) bond motifs is 1. The molecule has 7 nitrogen and oxygen atoms in total. The summed E-state index contributed by atoms with van der Waals surface area (Å²) in [6.45, 7) is 4.58. The molecule has 0 fully saturated rings. The Morgan fingerprint density at radius 3 is 2.45 bits per heavy atom. The van der Waals surface area contributed by atoms with Gasteiger partial charge in [-0.15, -0.1) is 0 Å². The van der Waals surface area contributed by atoms with Crippen LogP contribution in [0, 0.1) is 6.92 Å². The zero-order valence-corrected chi connectivity index (χ0v) is 12.5. The molecule has 3 amide bonds. The Labute approximate surface area is 127 Å². The Bertz CT molecular complexity index is 735. The quantitative estimate of drug-likeness (QED) is 0.737. The Kier molecular flexibility index (Phi) is 4.45. The molecule has 0 saturated heterocycles. The summed E-state index contributed by atoms with van der Waals surface area (Å²) in [6, 6.07) is 6.52. The van der Waals surface area contributed by atoms with Crippen molar-refractivity contribution in [1.82, 2.24) is 16.2 Å². The SMILES string of the molecule is CC(=O)N[C@H](C)C(=O)NNC(=O)c1oc2ccccc2c1C. The Hall–Kier alpha value is -2.83. The molecular formula is C15H17N3O4. The van der Waals surface area contributed by atoms with Gasteiger partial charge in [0.05, 0.1) is 0 Å². The third-order valence-electron chi connectivity index (χ3n) is 3.16. The third-order valence-corrected chi connectivity index (χ3v) is 3.16. The average molecular weight is 303 g/mol. The number of nitrogens with one attached hydrogen (secondary N) is 3. The Morgan fingerprint density at radius 1 is 1.14 bits per heavy atom. The largest absolute Gasteiger partial charge is 0.451 e. The minimum atomic E-state index is -0.755. The van der Waals surface area contributed by atoms with Crippen molar-refractivity contribution < 1.29 is 18.8 Å². The highest BCUT2D eigenvalue weighted by atomic mass is 16.3. The molecule has 1 heterocycles. The maximum atomic E-state index is 12.1. The van der Waals surface area contributed by atoms with Crippen molar-refractivity contribution >= 4 is 28.7 Å². The summed E-state index contributed by atoms with van der Waals surface area (Å²) in [5.74, 6) is -1.29. The number of hydrogen-bond acceptors (Lipinski definition) is 4. The van der Waals surface area contributed by atoms with Gasteiger partial charge in [-0.1, -0.05) is 18.2 Å². The molecule has 1 aromatic carbocycles. The lowest BCUT2D eigenvalue weighted by atomic mass is 10.1. The fourth-order valence-corrected chi connectivity index (χ4v) is 2.04. The second-order valence-electron chi connectivity index (χ2n) is 4.92. The minimum absolute atomic E-state index is 0.133. The van der Waals surface area contributed by atoms with Gasteiger partial charge in [-0.05, 0) is 19.9 Å². The maximum Gasteiger partial charge on any atom is 0.305 e. The molecular weight excluding hydrogens is 286 g/mol. The second-order valence-corrected chi connectivity index (χ2v) is 4.92. The molecule has 0 saturated carbocycles. The number of hydrogen-bond donors (Lipinski definition) is 3. The van der Waals surface area contributed by atoms with Crippen LogP contribution in [0.2, 0.25) is 0 Å². The zero-order valence-electron chi connectivity index (χ0n) is 12.5. The van der Waals surface area contributed by atoms with Gasteiger partial charge in [0.1, 0.15) is 11.6 Å². The summed E-state index contributed by atoms with van der Waals surface area (Å²) in [4.78, 5) is 34.6. The highest BCUT2D eigenvalue weighted by Gasteiger charge is 2.19. The first kappa shape index (κ1) is 15.6. The molecule has 1 atom stereocenters. The van der Waals surface area contributed by atoms with Crippen LogP contribution in [0.1, 0.15) is 30.0 Å². The van der Waals surface area contributed by atoms with Gasteiger partial charge in [-0.25, -0.2) is 0 Å². The number of hydrazine groups is 1. The van der Waals surface area contributed by atoms with Crippen LogP contribution in [0.25, 0.3) is 11.0 Å². The van der Waals surface area contributed by atoms with Gasteiger partial charge in [0.2, 0.25) is 5.91 Å². The van der Waals surface area contributed by atoms with Gasteiger partial charge in [-0.2, -0.15) is 0 Å². The fourth-order valence-electron chi connectivity index (χ4n) is 2.04. The first-order valence-corrected chi connectivity index (χ1v) is 6.75. The molecule has 7 heteroatoms. The lowest BCUT2D eigenvalue weighted by Crippen LogP contribution is -2.50. The van der Waals surface area contributed by atoms with Crippen LogP contribution in [-0.4, -0.2) is 23.8 Å². The smallest absolute Gasteiger partial charge is 0.305 e. The minimum Gasteiger partial charge on any atom is -0.451 e. The van der Waals surface area contributed by atoms with Crippen molar-refractivity contribution in [2.45, 2.75) is 26.8 Å². The van der Waals surface area contributed by atoms with E-state index in [1.54, 1.807) is 13.0 Å². The summed E-state index contributed by atoms with van der Waals surface area (Å²) in [7, 11) is 0. The second kappa shape index (κ2) is 6.30. The average Bonchev–Trinajstić information content (AvgIpc) is 2.81. The summed E-state index contributed by atoms with van der Waals surface area (Å²) >= 11 is 0. The van der Waals surface area contributed by atoms with E-state index in [4.69, 9.17) is 4.42 Å². The molecule has 0 aliphatic rings. The Balaban J connectivity index is 2.04. The van der Waals surface area contributed by atoms with Crippen LogP contribution in [-0.2, 0) is 9.59 Å². The van der Waals surface area contributed by atoms with Crippen LogP contribution in [0.5, 0.6) is 0 Å². The lowest BCUT2D eigenvalue weighted by Gasteiger charge is -2.12. The van der Waals surface area contributed by atoms with Crippen molar-refractivity contribution in [1.29, 1.82) is 0 Å². The summed E-state index contributed by atoms with van der Waals surface area (Å²) < 4.78 is 5.48. The first-order valence-electron chi connectivity index (χ1n) is 6.75. The van der Waals surface area contributed by atoms with Crippen LogP contribution in [0.4, 0.5) is 0 Å². The van der Waals surface area contributed by atoms with E-state index in [1.807, 2.05) is 18.2 Å². The zero-order chi connectivity index (χ0) is 16.3. The predicted molar refractivity (Wildman–Crippen MR) is 79.8 cm³/mol. The summed E-state index contributed by atoms with van der Waals surface area (Å²) in [5.41, 5.74) is 5.81. The maximum absolute atomic E-state index is 12.1. The Morgan fingerprint density at radius 2 is 1.82 bits per heavy atom. The normalized spacial score (nSPS) is 11.8. The van der Waals surface area contributed by atoms with Crippen LogP contribution in [0.15, 0.2) is 28.7 Å². The van der Waals surface area contributed by atoms with Crippen LogP contribution < -0.4 is 16.2 Å². The van der Waals surface area contributed by atoms with Gasteiger partial charge >= 0.3 is 5.91 Å². The molecule has 22 heavy (non-hydrogen) atoms. The van der Waals surface area contributed by atoms with Gasteiger partial charge < -0.3 is 9.73 Å². The molecule has 0 unspecified atom stereocenters. The topological polar surface area (TPSA) is 100 Å². The number of furan rings is 1. The first-order chi connectivity index (χ1) is 10.4. The van der Waals surface area contributed by atoms with E-state index in [9.17, 15) is 14.4 Å². The molecule has 3 N–H and O–H groups in total. The highest BCUT2D eigenvalue weighted by Crippen LogP contribution is 2.24. The molecule has 0 aliphatic heterocycles. The standard InChI is InChI=1S/C15H17N3O4/c1-8-11-6-4-5-7-12(11)22-13(8)15(21)18-17-14(20)9(2)16-10(3)19/h4-7,9H,1-3H3,(H,16,19)(H,17,20)(H,18,21)/t9-/m1/s1. The highest BCUT2D eigenvalue weighted by molar-refractivity contribution is 5.99. The predicted octanol–water partition coefficient (Wildman–Crippen LogP) is 1.03. The molecule has 0 spiro atoms.